The van der Waals surface area contributed by atoms with E-state index >= 15 is 0 Å². The monoisotopic (exact) mass is 453 g/mol. The summed E-state index contributed by atoms with van der Waals surface area (Å²) in [5.41, 5.74) is 2.81. The lowest BCUT2D eigenvalue weighted by atomic mass is 9.96. The van der Waals surface area contributed by atoms with Gasteiger partial charge in [0.25, 0.3) is 0 Å². The molecule has 4 rings (SSSR count). The van der Waals surface area contributed by atoms with Gasteiger partial charge < -0.3 is 25.0 Å². The Hall–Kier alpha value is -2.71. The fraction of sp³-hybridized carbons (Fsp3) is 0.560. The third kappa shape index (κ3) is 4.96. The highest BCUT2D eigenvalue weighted by Gasteiger charge is 2.35. The summed E-state index contributed by atoms with van der Waals surface area (Å²) in [6.07, 6.45) is 1.72. The van der Waals surface area contributed by atoms with Gasteiger partial charge in [-0.3, -0.25) is 4.79 Å². The highest BCUT2D eigenvalue weighted by Crippen LogP contribution is 2.42. The van der Waals surface area contributed by atoms with E-state index in [-0.39, 0.29) is 17.7 Å². The van der Waals surface area contributed by atoms with Gasteiger partial charge in [-0.15, -0.1) is 0 Å². The number of nitrogens with one attached hydrogen (secondary N) is 1. The summed E-state index contributed by atoms with van der Waals surface area (Å²) < 4.78 is 5.28. The summed E-state index contributed by atoms with van der Waals surface area (Å²) in [5, 5.41) is 13.7. The molecule has 0 bridgehead atoms. The average Bonchev–Trinajstić information content (AvgIpc) is 3.13. The van der Waals surface area contributed by atoms with E-state index in [2.05, 4.69) is 41.0 Å². The molecule has 2 heterocycles. The number of carbonyl (C=O) groups is 1. The molecule has 8 heteroatoms. The molecule has 178 valence electrons. The second-order valence-electron chi connectivity index (χ2n) is 9.35. The van der Waals surface area contributed by atoms with Crippen LogP contribution in [-0.4, -0.2) is 71.8 Å². The van der Waals surface area contributed by atoms with Crippen molar-refractivity contribution in [3.8, 4) is 5.75 Å². The Morgan fingerprint density at radius 1 is 1.18 bits per heavy atom. The predicted molar refractivity (Wildman–Crippen MR) is 128 cm³/mol. The first-order valence-electron chi connectivity index (χ1n) is 11.8. The van der Waals surface area contributed by atoms with Gasteiger partial charge >= 0.3 is 0 Å². The van der Waals surface area contributed by atoms with Crippen LogP contribution >= 0.6 is 0 Å². The smallest absolute Gasteiger partial charge is 0.231 e. The Morgan fingerprint density at radius 2 is 1.88 bits per heavy atom. The predicted octanol–water partition coefficient (Wildman–Crippen LogP) is 2.46. The van der Waals surface area contributed by atoms with Crippen LogP contribution in [0.1, 0.15) is 62.0 Å². The molecule has 0 spiro atoms. The number of nitrogens with zero attached hydrogens (tertiary/aromatic N) is 4. The number of piperazine rings is 1. The van der Waals surface area contributed by atoms with Crippen LogP contribution in [0.5, 0.6) is 5.75 Å². The molecule has 1 aliphatic carbocycles. The number of hydrogen-bond donors (Lipinski definition) is 2. The number of benzene rings is 1. The zero-order valence-corrected chi connectivity index (χ0v) is 20.0. The van der Waals surface area contributed by atoms with Gasteiger partial charge in [-0.05, 0) is 30.0 Å². The van der Waals surface area contributed by atoms with Crippen molar-refractivity contribution in [3.05, 3.63) is 47.4 Å². The summed E-state index contributed by atoms with van der Waals surface area (Å²) in [4.78, 5) is 26.6. The Balaban J connectivity index is 1.47. The van der Waals surface area contributed by atoms with Crippen LogP contribution in [0.25, 0.3) is 0 Å². The van der Waals surface area contributed by atoms with E-state index in [4.69, 9.17) is 4.74 Å². The van der Waals surface area contributed by atoms with Gasteiger partial charge in [0.1, 0.15) is 17.9 Å². The topological polar surface area (TPSA) is 90.8 Å². The normalized spacial score (nSPS) is 21.3. The number of hydrogen-bond acceptors (Lipinski definition) is 7. The van der Waals surface area contributed by atoms with Gasteiger partial charge in [-0.1, -0.05) is 32.9 Å². The minimum atomic E-state index is -0.515. The third-order valence-corrected chi connectivity index (χ3v) is 6.72. The first-order chi connectivity index (χ1) is 15.9. The molecule has 1 unspecified atom stereocenters. The zero-order valence-electron chi connectivity index (χ0n) is 20.0. The first kappa shape index (κ1) is 23.4. The van der Waals surface area contributed by atoms with Gasteiger partial charge in [-0.2, -0.15) is 0 Å². The molecule has 1 aromatic carbocycles. The second-order valence-corrected chi connectivity index (χ2v) is 9.35. The van der Waals surface area contributed by atoms with Gasteiger partial charge in [0.15, 0.2) is 0 Å². The standard InChI is InChI=1S/C25H35N5O3/c1-16(2)26-14-20(18-5-7-19(33-4)8-6-18)25(32)30-11-9-29(10-12-30)24-22-17(3)13-21(31)23(22)27-15-28-24/h5-8,15-17,20-21,26,31H,9-14H2,1-4H3/t17-,20?,21-/m1/s1. The molecule has 2 aromatic rings. The quantitative estimate of drug-likeness (QED) is 0.665. The van der Waals surface area contributed by atoms with Crippen molar-refractivity contribution in [3.63, 3.8) is 0 Å². The van der Waals surface area contributed by atoms with E-state index in [1.54, 1.807) is 13.4 Å². The lowest BCUT2D eigenvalue weighted by Crippen LogP contribution is -2.51. The van der Waals surface area contributed by atoms with Crippen LogP contribution in [0.2, 0.25) is 0 Å². The maximum absolute atomic E-state index is 13.6. The Kier molecular flexibility index (Phi) is 7.14. The van der Waals surface area contributed by atoms with Gasteiger partial charge in [-0.25, -0.2) is 9.97 Å². The molecule has 1 saturated heterocycles. The molecule has 2 aliphatic rings. The molecular formula is C25H35N5O3. The molecule has 1 aromatic heterocycles. The van der Waals surface area contributed by atoms with Gasteiger partial charge in [0.2, 0.25) is 5.91 Å². The van der Waals surface area contributed by atoms with Crippen LogP contribution in [0, 0.1) is 0 Å². The molecule has 2 N–H and O–H groups in total. The maximum atomic E-state index is 13.6. The fourth-order valence-electron chi connectivity index (χ4n) is 4.85. The largest absolute Gasteiger partial charge is 0.497 e. The zero-order chi connectivity index (χ0) is 23.5. The van der Waals surface area contributed by atoms with Gasteiger partial charge in [0.05, 0.1) is 24.8 Å². The van der Waals surface area contributed by atoms with Crippen molar-refractivity contribution in [1.29, 1.82) is 0 Å². The summed E-state index contributed by atoms with van der Waals surface area (Å²) in [6.45, 7) is 9.60. The van der Waals surface area contributed by atoms with Crippen molar-refractivity contribution in [2.24, 2.45) is 0 Å². The molecule has 0 saturated carbocycles. The average molecular weight is 454 g/mol. The Bertz CT molecular complexity index is 957. The number of aliphatic hydroxyl groups excluding tert-OH is 1. The minimum absolute atomic E-state index is 0.143. The van der Waals surface area contributed by atoms with E-state index in [0.717, 1.165) is 28.4 Å². The van der Waals surface area contributed by atoms with E-state index in [1.807, 2.05) is 29.2 Å². The second kappa shape index (κ2) is 10.1. The highest BCUT2D eigenvalue weighted by atomic mass is 16.5. The van der Waals surface area contributed by atoms with Crippen LogP contribution in [-0.2, 0) is 4.79 Å². The molecule has 3 atom stereocenters. The SMILES string of the molecule is COc1ccc(C(CNC(C)C)C(=O)N2CCN(c3ncnc4c3[C@H](C)C[C@H]4O)CC2)cc1. The Labute approximate surface area is 196 Å². The number of carbonyl (C=O) groups excluding carboxylic acids is 1. The van der Waals surface area contributed by atoms with Gasteiger partial charge in [0, 0.05) is 44.3 Å². The van der Waals surface area contributed by atoms with Crippen molar-refractivity contribution in [2.75, 3.05) is 44.7 Å². The number of ether oxygens (including phenoxy) is 1. The van der Waals surface area contributed by atoms with Crippen molar-refractivity contribution in [1.82, 2.24) is 20.2 Å². The summed E-state index contributed by atoms with van der Waals surface area (Å²) in [6, 6.07) is 8.09. The van der Waals surface area contributed by atoms with Crippen molar-refractivity contribution < 1.29 is 14.6 Å². The molecule has 33 heavy (non-hydrogen) atoms. The molecule has 1 aliphatic heterocycles. The van der Waals surface area contributed by atoms with Crippen LogP contribution in [0.3, 0.4) is 0 Å². The first-order valence-corrected chi connectivity index (χ1v) is 11.8. The lowest BCUT2D eigenvalue weighted by Gasteiger charge is -2.38. The molecule has 1 fully saturated rings. The van der Waals surface area contributed by atoms with E-state index in [9.17, 15) is 9.90 Å². The number of aliphatic hydroxyl groups is 1. The van der Waals surface area contributed by atoms with E-state index < -0.39 is 6.10 Å². The minimum Gasteiger partial charge on any atom is -0.497 e. The Morgan fingerprint density at radius 3 is 2.52 bits per heavy atom. The maximum Gasteiger partial charge on any atom is 0.231 e. The van der Waals surface area contributed by atoms with Crippen LogP contribution in [0.4, 0.5) is 5.82 Å². The number of anilines is 1. The van der Waals surface area contributed by atoms with Crippen LogP contribution in [0.15, 0.2) is 30.6 Å². The van der Waals surface area contributed by atoms with Crippen molar-refractivity contribution in [2.45, 2.75) is 51.2 Å². The lowest BCUT2D eigenvalue weighted by molar-refractivity contribution is -0.133. The number of amides is 1. The van der Waals surface area contributed by atoms with E-state index in [1.165, 1.54) is 0 Å². The summed E-state index contributed by atoms with van der Waals surface area (Å²) >= 11 is 0. The van der Waals surface area contributed by atoms with E-state index in [0.29, 0.717) is 45.2 Å². The molecular weight excluding hydrogens is 418 g/mol. The number of aromatic nitrogens is 2. The summed E-state index contributed by atoms with van der Waals surface area (Å²) in [5.74, 6) is 1.82. The number of methoxy groups -OCH3 is 1. The molecule has 1 amide bonds. The number of fused-ring (bicyclic) bond motifs is 1. The van der Waals surface area contributed by atoms with Crippen LogP contribution < -0.4 is 15.0 Å². The third-order valence-electron chi connectivity index (χ3n) is 6.72. The number of rotatable bonds is 7. The molecule has 0 radical (unpaired) electrons. The summed E-state index contributed by atoms with van der Waals surface area (Å²) in [7, 11) is 1.64. The highest BCUT2D eigenvalue weighted by molar-refractivity contribution is 5.84. The molecule has 8 nitrogen and oxygen atoms in total. The van der Waals surface area contributed by atoms with Crippen molar-refractivity contribution >= 4 is 11.7 Å². The fourth-order valence-corrected chi connectivity index (χ4v) is 4.85.